The first-order valence-corrected chi connectivity index (χ1v) is 6.57. The van der Waals surface area contributed by atoms with Crippen LogP contribution in [0.4, 0.5) is 15.8 Å². The van der Waals surface area contributed by atoms with Gasteiger partial charge >= 0.3 is 0 Å². The van der Waals surface area contributed by atoms with E-state index in [1.807, 2.05) is 0 Å². The van der Waals surface area contributed by atoms with Crippen LogP contribution < -0.4 is 15.8 Å². The Hall–Kier alpha value is -2.27. The molecule has 1 amide bonds. The number of amides is 1. The number of benzene rings is 2. The molecule has 0 aromatic heterocycles. The zero-order valence-electron chi connectivity index (χ0n) is 11.3. The molecule has 0 spiro atoms. The van der Waals surface area contributed by atoms with Gasteiger partial charge in [-0.1, -0.05) is 17.7 Å². The second-order valence-corrected chi connectivity index (χ2v) is 4.89. The second kappa shape index (κ2) is 6.45. The van der Waals surface area contributed by atoms with Crippen LogP contribution in [0, 0.1) is 12.7 Å². The van der Waals surface area contributed by atoms with Gasteiger partial charge < -0.3 is 15.8 Å². The highest BCUT2D eigenvalue weighted by molar-refractivity contribution is 6.33. The quantitative estimate of drug-likeness (QED) is 0.851. The van der Waals surface area contributed by atoms with Gasteiger partial charge in [-0.25, -0.2) is 4.39 Å². The van der Waals surface area contributed by atoms with E-state index in [-0.39, 0.29) is 18.3 Å². The minimum Gasteiger partial charge on any atom is -0.484 e. The van der Waals surface area contributed by atoms with Gasteiger partial charge in [-0.15, -0.1) is 0 Å². The SMILES string of the molecule is Cc1ccc(OCC(=O)Nc2ccc(Cl)c(N)c2)cc1F. The maximum absolute atomic E-state index is 13.3. The number of rotatable bonds is 4. The van der Waals surface area contributed by atoms with Crippen molar-refractivity contribution in [2.45, 2.75) is 6.92 Å². The molecule has 0 saturated heterocycles. The van der Waals surface area contributed by atoms with Crippen LogP contribution in [0.3, 0.4) is 0 Å². The molecule has 2 aromatic carbocycles. The van der Waals surface area contributed by atoms with Gasteiger partial charge in [0, 0.05) is 11.8 Å². The molecule has 0 atom stereocenters. The Balaban J connectivity index is 1.92. The van der Waals surface area contributed by atoms with Gasteiger partial charge in [0.15, 0.2) is 6.61 Å². The van der Waals surface area contributed by atoms with Gasteiger partial charge in [-0.3, -0.25) is 4.79 Å². The number of nitrogens with one attached hydrogen (secondary N) is 1. The van der Waals surface area contributed by atoms with Crippen molar-refractivity contribution in [2.24, 2.45) is 0 Å². The first kappa shape index (κ1) is 15.1. The third-order valence-electron chi connectivity index (χ3n) is 2.79. The van der Waals surface area contributed by atoms with Gasteiger partial charge in [-0.05, 0) is 36.8 Å². The van der Waals surface area contributed by atoms with E-state index in [1.54, 1.807) is 37.3 Å². The normalized spacial score (nSPS) is 10.2. The summed E-state index contributed by atoms with van der Waals surface area (Å²) in [6.07, 6.45) is 0. The highest BCUT2D eigenvalue weighted by atomic mass is 35.5. The van der Waals surface area contributed by atoms with Crippen LogP contribution in [0.15, 0.2) is 36.4 Å². The van der Waals surface area contributed by atoms with Crippen molar-refractivity contribution in [2.75, 3.05) is 17.7 Å². The summed E-state index contributed by atoms with van der Waals surface area (Å²) in [6, 6.07) is 9.19. The van der Waals surface area contributed by atoms with E-state index in [4.69, 9.17) is 22.1 Å². The number of aryl methyl sites for hydroxylation is 1. The summed E-state index contributed by atoms with van der Waals surface area (Å²) < 4.78 is 18.5. The van der Waals surface area contributed by atoms with Gasteiger partial charge in [-0.2, -0.15) is 0 Å². The van der Waals surface area contributed by atoms with E-state index in [1.165, 1.54) is 6.07 Å². The lowest BCUT2D eigenvalue weighted by Crippen LogP contribution is -2.20. The van der Waals surface area contributed by atoms with Gasteiger partial charge in [0.1, 0.15) is 11.6 Å². The Bertz CT molecular complexity index is 677. The minimum atomic E-state index is -0.377. The smallest absolute Gasteiger partial charge is 0.262 e. The van der Waals surface area contributed by atoms with Gasteiger partial charge in [0.25, 0.3) is 5.91 Å². The fourth-order valence-electron chi connectivity index (χ4n) is 1.63. The fraction of sp³-hybridized carbons (Fsp3) is 0.133. The first-order chi connectivity index (χ1) is 9.95. The molecule has 2 aromatic rings. The van der Waals surface area contributed by atoms with Gasteiger partial charge in [0.2, 0.25) is 0 Å². The average molecular weight is 309 g/mol. The number of halogens is 2. The van der Waals surface area contributed by atoms with Crippen LogP contribution >= 0.6 is 11.6 Å². The topological polar surface area (TPSA) is 64.3 Å². The number of nitrogens with two attached hydrogens (primary N) is 1. The van der Waals surface area contributed by atoms with E-state index >= 15 is 0 Å². The van der Waals surface area contributed by atoms with E-state index in [0.29, 0.717) is 27.7 Å². The van der Waals surface area contributed by atoms with E-state index in [0.717, 1.165) is 0 Å². The monoisotopic (exact) mass is 308 g/mol. The molecular formula is C15H14ClFN2O2. The summed E-state index contributed by atoms with van der Waals surface area (Å²) >= 11 is 5.79. The van der Waals surface area contributed by atoms with Crippen molar-refractivity contribution in [1.29, 1.82) is 0 Å². The molecule has 2 rings (SSSR count). The summed E-state index contributed by atoms with van der Waals surface area (Å²) in [6.45, 7) is 1.42. The molecule has 0 unspecified atom stereocenters. The third-order valence-corrected chi connectivity index (χ3v) is 3.14. The second-order valence-electron chi connectivity index (χ2n) is 4.48. The van der Waals surface area contributed by atoms with Gasteiger partial charge in [0.05, 0.1) is 10.7 Å². The Morgan fingerprint density at radius 2 is 2.10 bits per heavy atom. The molecule has 0 bridgehead atoms. The van der Waals surface area contributed by atoms with Crippen LogP contribution in [-0.4, -0.2) is 12.5 Å². The Morgan fingerprint density at radius 1 is 1.33 bits per heavy atom. The molecule has 0 heterocycles. The van der Waals surface area contributed by atoms with Crippen molar-refractivity contribution in [3.05, 3.63) is 52.8 Å². The molecule has 0 fully saturated rings. The fourth-order valence-corrected chi connectivity index (χ4v) is 1.75. The molecule has 0 aliphatic rings. The minimum absolute atomic E-state index is 0.231. The van der Waals surface area contributed by atoms with E-state index in [2.05, 4.69) is 5.32 Å². The van der Waals surface area contributed by atoms with Crippen LogP contribution in [-0.2, 0) is 4.79 Å². The highest BCUT2D eigenvalue weighted by Crippen LogP contribution is 2.22. The van der Waals surface area contributed by atoms with Crippen molar-refractivity contribution in [1.82, 2.24) is 0 Å². The maximum atomic E-state index is 13.3. The first-order valence-electron chi connectivity index (χ1n) is 6.19. The molecule has 0 aliphatic heterocycles. The standard InChI is InChI=1S/C15H14ClFN2O2/c1-9-2-4-11(7-13(9)17)21-8-15(20)19-10-3-5-12(16)14(18)6-10/h2-7H,8,18H2,1H3,(H,19,20). The molecule has 110 valence electrons. The molecule has 4 nitrogen and oxygen atoms in total. The Morgan fingerprint density at radius 3 is 2.76 bits per heavy atom. The molecule has 0 aliphatic carbocycles. The lowest BCUT2D eigenvalue weighted by molar-refractivity contribution is -0.118. The Kier molecular flexibility index (Phi) is 4.65. The molecule has 6 heteroatoms. The molecular weight excluding hydrogens is 295 g/mol. The van der Waals surface area contributed by atoms with Crippen LogP contribution in [0.25, 0.3) is 0 Å². The van der Waals surface area contributed by atoms with Crippen molar-refractivity contribution in [3.8, 4) is 5.75 Å². The van der Waals surface area contributed by atoms with Crippen molar-refractivity contribution in [3.63, 3.8) is 0 Å². The lowest BCUT2D eigenvalue weighted by Gasteiger charge is -2.09. The predicted molar refractivity (Wildman–Crippen MR) is 81.1 cm³/mol. The highest BCUT2D eigenvalue weighted by Gasteiger charge is 2.06. The van der Waals surface area contributed by atoms with E-state index < -0.39 is 0 Å². The summed E-state index contributed by atoms with van der Waals surface area (Å²) in [5.74, 6) is -0.458. The largest absolute Gasteiger partial charge is 0.484 e. The van der Waals surface area contributed by atoms with Crippen molar-refractivity contribution >= 4 is 28.9 Å². The third kappa shape index (κ3) is 4.10. The number of nitrogen functional groups attached to an aromatic ring is 1. The van der Waals surface area contributed by atoms with Crippen LogP contribution in [0.1, 0.15) is 5.56 Å². The average Bonchev–Trinajstić information content (AvgIpc) is 2.44. The summed E-state index contributed by atoms with van der Waals surface area (Å²) in [5.41, 5.74) is 7.04. The number of anilines is 2. The molecule has 0 radical (unpaired) electrons. The number of carbonyl (C=O) groups excluding carboxylic acids is 1. The zero-order chi connectivity index (χ0) is 15.4. The number of hydrogen-bond donors (Lipinski definition) is 2. The van der Waals surface area contributed by atoms with Crippen LogP contribution in [0.2, 0.25) is 5.02 Å². The maximum Gasteiger partial charge on any atom is 0.262 e. The predicted octanol–water partition coefficient (Wildman–Crippen LogP) is 3.39. The number of ether oxygens (including phenoxy) is 1. The summed E-state index contributed by atoms with van der Waals surface area (Å²) in [4.78, 5) is 11.7. The molecule has 0 saturated carbocycles. The summed E-state index contributed by atoms with van der Waals surface area (Å²) in [5, 5.41) is 3.03. The van der Waals surface area contributed by atoms with Crippen molar-refractivity contribution < 1.29 is 13.9 Å². The Labute approximate surface area is 126 Å². The lowest BCUT2D eigenvalue weighted by atomic mass is 10.2. The van der Waals surface area contributed by atoms with Crippen LogP contribution in [0.5, 0.6) is 5.75 Å². The van der Waals surface area contributed by atoms with E-state index in [9.17, 15) is 9.18 Å². The number of hydrogen-bond acceptors (Lipinski definition) is 3. The molecule has 3 N–H and O–H groups in total. The molecule has 21 heavy (non-hydrogen) atoms. The summed E-state index contributed by atoms with van der Waals surface area (Å²) in [7, 11) is 0. The number of carbonyl (C=O) groups is 1. The zero-order valence-corrected chi connectivity index (χ0v) is 12.1.